The highest BCUT2D eigenvalue weighted by Crippen LogP contribution is 2.34. The van der Waals surface area contributed by atoms with Crippen LogP contribution in [-0.2, 0) is 7.05 Å². The number of hydrogen-bond donors (Lipinski definition) is 0. The first kappa shape index (κ1) is 13.1. The fourth-order valence-electron chi connectivity index (χ4n) is 2.39. The van der Waals surface area contributed by atoms with E-state index in [-0.39, 0.29) is 0 Å². The first-order valence-corrected chi connectivity index (χ1v) is 6.80. The maximum atomic E-state index is 11.3. The van der Waals surface area contributed by atoms with Crippen molar-refractivity contribution < 1.29 is 4.79 Å². The van der Waals surface area contributed by atoms with Gasteiger partial charge in [0, 0.05) is 19.6 Å². The molecule has 1 saturated carbocycles. The fraction of sp³-hybridized carbons (Fsp3) is 0.714. The Morgan fingerprint density at radius 3 is 2.67 bits per heavy atom. The van der Waals surface area contributed by atoms with E-state index in [1.54, 1.807) is 0 Å². The highest BCUT2D eigenvalue weighted by Gasteiger charge is 2.32. The highest BCUT2D eigenvalue weighted by molar-refractivity contribution is 5.85. The standard InChI is InChI=1S/C14H23N3O/c1-10(2)7-8-17(12-5-6-12)14-13(9-18)11(3)15-16(14)4/h9-10,12H,5-8H2,1-4H3. The summed E-state index contributed by atoms with van der Waals surface area (Å²) >= 11 is 0. The number of carbonyl (C=O) groups is 1. The molecule has 1 aliphatic carbocycles. The normalized spacial score (nSPS) is 15.2. The van der Waals surface area contributed by atoms with Crippen molar-refractivity contribution in [3.8, 4) is 0 Å². The van der Waals surface area contributed by atoms with Crippen LogP contribution in [0.3, 0.4) is 0 Å². The van der Waals surface area contributed by atoms with Crippen LogP contribution in [0.25, 0.3) is 0 Å². The zero-order valence-electron chi connectivity index (χ0n) is 11.8. The number of rotatable bonds is 6. The Bertz CT molecular complexity index is 432. The van der Waals surface area contributed by atoms with Crippen molar-refractivity contribution in [3.05, 3.63) is 11.3 Å². The Labute approximate surface area is 109 Å². The zero-order valence-corrected chi connectivity index (χ0v) is 11.8. The molecule has 0 atom stereocenters. The van der Waals surface area contributed by atoms with Crippen LogP contribution in [0.5, 0.6) is 0 Å². The van der Waals surface area contributed by atoms with Crippen molar-refractivity contribution >= 4 is 12.1 Å². The van der Waals surface area contributed by atoms with Gasteiger partial charge in [-0.05, 0) is 32.1 Å². The van der Waals surface area contributed by atoms with Crippen molar-refractivity contribution in [2.24, 2.45) is 13.0 Å². The third kappa shape index (κ3) is 2.57. The second kappa shape index (κ2) is 5.12. The molecule has 0 aliphatic heterocycles. The maximum absolute atomic E-state index is 11.3. The van der Waals surface area contributed by atoms with Crippen molar-refractivity contribution in [1.29, 1.82) is 0 Å². The van der Waals surface area contributed by atoms with Crippen LogP contribution in [0.4, 0.5) is 5.82 Å². The van der Waals surface area contributed by atoms with Gasteiger partial charge in [-0.25, -0.2) is 0 Å². The third-order valence-electron chi connectivity index (χ3n) is 3.56. The topological polar surface area (TPSA) is 38.1 Å². The molecule has 1 fully saturated rings. The van der Waals surface area contributed by atoms with Crippen LogP contribution in [-0.4, -0.2) is 28.7 Å². The summed E-state index contributed by atoms with van der Waals surface area (Å²) in [6.07, 6.45) is 4.57. The van der Waals surface area contributed by atoms with Gasteiger partial charge < -0.3 is 4.90 Å². The molecule has 4 nitrogen and oxygen atoms in total. The minimum Gasteiger partial charge on any atom is -0.353 e. The fourth-order valence-corrected chi connectivity index (χ4v) is 2.39. The summed E-state index contributed by atoms with van der Waals surface area (Å²) in [5, 5.41) is 4.38. The molecule has 4 heteroatoms. The van der Waals surface area contributed by atoms with Gasteiger partial charge in [0.2, 0.25) is 0 Å². The molecule has 0 aromatic carbocycles. The largest absolute Gasteiger partial charge is 0.353 e. The van der Waals surface area contributed by atoms with Gasteiger partial charge in [-0.1, -0.05) is 13.8 Å². The molecule has 1 aromatic rings. The number of carbonyl (C=O) groups excluding carboxylic acids is 1. The molecule has 0 unspecified atom stereocenters. The molecular weight excluding hydrogens is 226 g/mol. The van der Waals surface area contributed by atoms with Crippen molar-refractivity contribution in [2.75, 3.05) is 11.4 Å². The number of aromatic nitrogens is 2. The van der Waals surface area contributed by atoms with Crippen LogP contribution >= 0.6 is 0 Å². The van der Waals surface area contributed by atoms with Crippen LogP contribution < -0.4 is 4.90 Å². The molecule has 0 bridgehead atoms. The molecule has 18 heavy (non-hydrogen) atoms. The van der Waals surface area contributed by atoms with E-state index in [0.717, 1.165) is 36.3 Å². The summed E-state index contributed by atoms with van der Waals surface area (Å²) in [5.74, 6) is 1.69. The molecule has 0 saturated heterocycles. The van der Waals surface area contributed by atoms with E-state index in [1.807, 2.05) is 18.7 Å². The van der Waals surface area contributed by atoms with E-state index >= 15 is 0 Å². The van der Waals surface area contributed by atoms with Gasteiger partial charge in [-0.2, -0.15) is 5.10 Å². The third-order valence-corrected chi connectivity index (χ3v) is 3.56. The molecule has 100 valence electrons. The number of aldehydes is 1. The van der Waals surface area contributed by atoms with E-state index in [2.05, 4.69) is 23.8 Å². The van der Waals surface area contributed by atoms with Gasteiger partial charge in [0.05, 0.1) is 11.3 Å². The zero-order chi connectivity index (χ0) is 13.3. The number of aryl methyl sites for hydroxylation is 2. The van der Waals surface area contributed by atoms with E-state index in [9.17, 15) is 4.79 Å². The summed E-state index contributed by atoms with van der Waals surface area (Å²) in [6, 6.07) is 0.609. The minimum atomic E-state index is 0.609. The average Bonchev–Trinajstić information content (AvgIpc) is 3.07. The molecule has 0 amide bonds. The predicted molar refractivity (Wildman–Crippen MR) is 73.2 cm³/mol. The van der Waals surface area contributed by atoms with Crippen molar-refractivity contribution in [1.82, 2.24) is 9.78 Å². The summed E-state index contributed by atoms with van der Waals surface area (Å²) in [7, 11) is 1.93. The summed E-state index contributed by atoms with van der Waals surface area (Å²) < 4.78 is 1.86. The quantitative estimate of drug-likeness (QED) is 0.727. The molecule has 1 aliphatic rings. The molecule has 1 heterocycles. The lowest BCUT2D eigenvalue weighted by Gasteiger charge is -2.26. The highest BCUT2D eigenvalue weighted by atomic mass is 16.1. The Morgan fingerprint density at radius 2 is 2.17 bits per heavy atom. The Balaban J connectivity index is 2.27. The number of nitrogens with zero attached hydrogens (tertiary/aromatic N) is 3. The van der Waals surface area contributed by atoms with Gasteiger partial charge in [0.25, 0.3) is 0 Å². The van der Waals surface area contributed by atoms with Crippen LogP contribution in [0.2, 0.25) is 0 Å². The Morgan fingerprint density at radius 1 is 1.50 bits per heavy atom. The van der Waals surface area contributed by atoms with Gasteiger partial charge >= 0.3 is 0 Å². The molecule has 0 N–H and O–H groups in total. The predicted octanol–water partition coefficient (Wildman–Crippen LogP) is 2.56. The van der Waals surface area contributed by atoms with Crippen molar-refractivity contribution in [3.63, 3.8) is 0 Å². The lowest BCUT2D eigenvalue weighted by atomic mass is 10.1. The Hall–Kier alpha value is -1.32. The van der Waals surface area contributed by atoms with Gasteiger partial charge in [0.15, 0.2) is 6.29 Å². The van der Waals surface area contributed by atoms with Crippen LogP contribution in [0.15, 0.2) is 0 Å². The maximum Gasteiger partial charge on any atom is 0.155 e. The second-order valence-corrected chi connectivity index (χ2v) is 5.67. The van der Waals surface area contributed by atoms with E-state index < -0.39 is 0 Å². The Kier molecular flexibility index (Phi) is 3.73. The molecule has 2 rings (SSSR count). The average molecular weight is 249 g/mol. The summed E-state index contributed by atoms with van der Waals surface area (Å²) in [6.45, 7) is 7.39. The molecule has 1 aromatic heterocycles. The van der Waals surface area contributed by atoms with Crippen LogP contribution in [0, 0.1) is 12.8 Å². The van der Waals surface area contributed by atoms with Gasteiger partial charge in [0.1, 0.15) is 5.82 Å². The summed E-state index contributed by atoms with van der Waals surface area (Å²) in [5.41, 5.74) is 1.59. The first-order valence-electron chi connectivity index (χ1n) is 6.80. The molecule has 0 spiro atoms. The first-order chi connectivity index (χ1) is 8.54. The minimum absolute atomic E-state index is 0.609. The monoisotopic (exact) mass is 249 g/mol. The number of anilines is 1. The van der Waals surface area contributed by atoms with Crippen LogP contribution in [0.1, 0.15) is 49.2 Å². The number of hydrogen-bond acceptors (Lipinski definition) is 3. The SMILES string of the molecule is Cc1nn(C)c(N(CCC(C)C)C2CC2)c1C=O. The van der Waals surface area contributed by atoms with Crippen molar-refractivity contribution in [2.45, 2.75) is 46.1 Å². The smallest absolute Gasteiger partial charge is 0.155 e. The molecule has 0 radical (unpaired) electrons. The van der Waals surface area contributed by atoms with E-state index in [1.165, 1.54) is 12.8 Å². The van der Waals surface area contributed by atoms with Gasteiger partial charge in [-0.15, -0.1) is 0 Å². The second-order valence-electron chi connectivity index (χ2n) is 5.67. The van der Waals surface area contributed by atoms with E-state index in [4.69, 9.17) is 0 Å². The lowest BCUT2D eigenvalue weighted by Crippen LogP contribution is -2.30. The summed E-state index contributed by atoms with van der Waals surface area (Å²) in [4.78, 5) is 13.6. The lowest BCUT2D eigenvalue weighted by molar-refractivity contribution is 0.112. The van der Waals surface area contributed by atoms with Gasteiger partial charge in [-0.3, -0.25) is 9.48 Å². The van der Waals surface area contributed by atoms with E-state index in [0.29, 0.717) is 12.0 Å². The molecular formula is C14H23N3O.